The maximum absolute atomic E-state index is 10.9. The fraction of sp³-hybridized carbons (Fsp3) is 0.571. The number of methoxy groups -OCH3 is 1. The number of nitrogens with two attached hydrogens (primary N) is 1. The van der Waals surface area contributed by atoms with Gasteiger partial charge >= 0.3 is 0 Å². The van der Waals surface area contributed by atoms with E-state index in [0.29, 0.717) is 19.2 Å². The van der Waals surface area contributed by atoms with Crippen LogP contribution in [0.2, 0.25) is 0 Å². The van der Waals surface area contributed by atoms with E-state index in [4.69, 9.17) is 10.5 Å². The number of benzene rings is 1. The maximum Gasteiger partial charge on any atom is 0.292 e. The van der Waals surface area contributed by atoms with Crippen LogP contribution >= 0.6 is 0 Å². The summed E-state index contributed by atoms with van der Waals surface area (Å²) < 4.78 is 5.12. The van der Waals surface area contributed by atoms with Crippen molar-refractivity contribution in [2.75, 3.05) is 26.0 Å². The van der Waals surface area contributed by atoms with E-state index in [1.807, 2.05) is 6.07 Å². The molecule has 1 aromatic rings. The number of nitrogens with zero attached hydrogens (tertiary/aromatic N) is 2. The van der Waals surface area contributed by atoms with Crippen molar-refractivity contribution in [2.45, 2.75) is 32.9 Å². The smallest absolute Gasteiger partial charge is 0.292 e. The summed E-state index contributed by atoms with van der Waals surface area (Å²) in [5.74, 6) is 0. The number of nitro groups is 1. The highest BCUT2D eigenvalue weighted by molar-refractivity contribution is 5.62. The van der Waals surface area contributed by atoms with Crippen molar-refractivity contribution < 1.29 is 9.66 Å². The van der Waals surface area contributed by atoms with Gasteiger partial charge in [0.1, 0.15) is 5.69 Å². The second-order valence-electron chi connectivity index (χ2n) is 4.83. The standard InChI is InChI=1S/C14H23N3O3/c1-4-11(2)16(8-9-20-3)10-12-6-5-7-13(14(12)15)17(18)19/h5-7,11H,4,8-10,15H2,1-3H3. The lowest BCUT2D eigenvalue weighted by atomic mass is 10.1. The number of hydrogen-bond donors (Lipinski definition) is 1. The van der Waals surface area contributed by atoms with Gasteiger partial charge in [-0.05, 0) is 18.9 Å². The molecule has 0 bridgehead atoms. The highest BCUT2D eigenvalue weighted by Crippen LogP contribution is 2.26. The minimum atomic E-state index is -0.443. The monoisotopic (exact) mass is 281 g/mol. The lowest BCUT2D eigenvalue weighted by molar-refractivity contribution is -0.384. The van der Waals surface area contributed by atoms with Crippen LogP contribution in [0.3, 0.4) is 0 Å². The van der Waals surface area contributed by atoms with Gasteiger partial charge in [0.2, 0.25) is 0 Å². The van der Waals surface area contributed by atoms with Crippen LogP contribution in [0.15, 0.2) is 18.2 Å². The number of anilines is 1. The van der Waals surface area contributed by atoms with Crippen molar-refractivity contribution in [3.8, 4) is 0 Å². The Morgan fingerprint density at radius 1 is 1.50 bits per heavy atom. The number of rotatable bonds is 8. The molecule has 0 radical (unpaired) electrons. The third-order valence-corrected chi connectivity index (χ3v) is 3.54. The molecule has 20 heavy (non-hydrogen) atoms. The number of ether oxygens (including phenoxy) is 1. The summed E-state index contributed by atoms with van der Waals surface area (Å²) >= 11 is 0. The number of nitrogen functional groups attached to an aromatic ring is 1. The highest BCUT2D eigenvalue weighted by atomic mass is 16.6. The molecule has 0 aliphatic carbocycles. The average Bonchev–Trinajstić information content (AvgIpc) is 2.43. The Kier molecular flexibility index (Phi) is 6.41. The lowest BCUT2D eigenvalue weighted by Crippen LogP contribution is -2.35. The van der Waals surface area contributed by atoms with Crippen molar-refractivity contribution in [1.82, 2.24) is 4.90 Å². The summed E-state index contributed by atoms with van der Waals surface area (Å²) in [4.78, 5) is 12.7. The van der Waals surface area contributed by atoms with Crippen molar-refractivity contribution in [2.24, 2.45) is 0 Å². The molecular weight excluding hydrogens is 258 g/mol. The van der Waals surface area contributed by atoms with Crippen LogP contribution in [0.5, 0.6) is 0 Å². The molecule has 0 amide bonds. The second-order valence-corrected chi connectivity index (χ2v) is 4.83. The van der Waals surface area contributed by atoms with E-state index >= 15 is 0 Å². The summed E-state index contributed by atoms with van der Waals surface area (Å²) in [5.41, 5.74) is 6.91. The Morgan fingerprint density at radius 3 is 2.75 bits per heavy atom. The molecule has 2 N–H and O–H groups in total. The van der Waals surface area contributed by atoms with Crippen molar-refractivity contribution in [3.05, 3.63) is 33.9 Å². The van der Waals surface area contributed by atoms with E-state index in [-0.39, 0.29) is 11.4 Å². The van der Waals surface area contributed by atoms with Gasteiger partial charge in [0.25, 0.3) is 5.69 Å². The zero-order valence-electron chi connectivity index (χ0n) is 12.3. The molecule has 0 aliphatic heterocycles. The Bertz CT molecular complexity index is 451. The fourth-order valence-corrected chi connectivity index (χ4v) is 2.04. The summed E-state index contributed by atoms with van der Waals surface area (Å²) in [6.45, 7) is 6.23. The maximum atomic E-state index is 10.9. The zero-order valence-corrected chi connectivity index (χ0v) is 12.3. The molecule has 6 heteroatoms. The molecule has 1 atom stereocenters. The molecule has 6 nitrogen and oxygen atoms in total. The minimum Gasteiger partial charge on any atom is -0.393 e. The molecule has 1 unspecified atom stereocenters. The Balaban J connectivity index is 2.93. The van der Waals surface area contributed by atoms with Gasteiger partial charge in [-0.25, -0.2) is 0 Å². The molecule has 0 fully saturated rings. The molecule has 0 saturated heterocycles. The average molecular weight is 281 g/mol. The third kappa shape index (κ3) is 4.18. The topological polar surface area (TPSA) is 81.6 Å². The molecule has 0 saturated carbocycles. The normalized spacial score (nSPS) is 12.6. The number of hydrogen-bond acceptors (Lipinski definition) is 5. The van der Waals surface area contributed by atoms with Gasteiger partial charge in [0.15, 0.2) is 0 Å². The first-order valence-electron chi connectivity index (χ1n) is 6.76. The van der Waals surface area contributed by atoms with Gasteiger partial charge in [-0.1, -0.05) is 19.1 Å². The Morgan fingerprint density at radius 2 is 2.20 bits per heavy atom. The van der Waals surface area contributed by atoms with Gasteiger partial charge in [-0.3, -0.25) is 15.0 Å². The molecule has 1 rings (SSSR count). The Hall–Kier alpha value is -1.66. The lowest BCUT2D eigenvalue weighted by Gasteiger charge is -2.28. The van der Waals surface area contributed by atoms with Crippen LogP contribution in [0.1, 0.15) is 25.8 Å². The molecular formula is C14H23N3O3. The molecule has 0 heterocycles. The van der Waals surface area contributed by atoms with Crippen LogP contribution in [0.25, 0.3) is 0 Å². The highest BCUT2D eigenvalue weighted by Gasteiger charge is 2.18. The number of nitro benzene ring substituents is 1. The van der Waals surface area contributed by atoms with E-state index in [0.717, 1.165) is 18.5 Å². The van der Waals surface area contributed by atoms with E-state index in [2.05, 4.69) is 18.7 Å². The van der Waals surface area contributed by atoms with Gasteiger partial charge in [-0.2, -0.15) is 0 Å². The summed E-state index contributed by atoms with van der Waals surface area (Å²) in [5, 5.41) is 10.9. The third-order valence-electron chi connectivity index (χ3n) is 3.54. The van der Waals surface area contributed by atoms with E-state index in [1.165, 1.54) is 6.07 Å². The SMILES string of the molecule is CCC(C)N(CCOC)Cc1cccc([N+](=O)[O-])c1N. The van der Waals surface area contributed by atoms with E-state index in [9.17, 15) is 10.1 Å². The summed E-state index contributed by atoms with van der Waals surface area (Å²) in [6.07, 6.45) is 0.999. The fourth-order valence-electron chi connectivity index (χ4n) is 2.04. The molecule has 112 valence electrons. The van der Waals surface area contributed by atoms with Gasteiger partial charge < -0.3 is 10.5 Å². The predicted molar refractivity (Wildman–Crippen MR) is 79.5 cm³/mol. The minimum absolute atomic E-state index is 0.0293. The predicted octanol–water partition coefficient (Wildman–Crippen LogP) is 2.42. The van der Waals surface area contributed by atoms with Gasteiger partial charge in [0.05, 0.1) is 11.5 Å². The van der Waals surface area contributed by atoms with Crippen molar-refractivity contribution in [1.29, 1.82) is 0 Å². The van der Waals surface area contributed by atoms with Crippen molar-refractivity contribution >= 4 is 11.4 Å². The van der Waals surface area contributed by atoms with Crippen LogP contribution < -0.4 is 5.73 Å². The van der Waals surface area contributed by atoms with Gasteiger partial charge in [0, 0.05) is 32.3 Å². The number of para-hydroxylation sites is 1. The van der Waals surface area contributed by atoms with Crippen LogP contribution in [0.4, 0.5) is 11.4 Å². The Labute approximate surface area is 119 Å². The molecule has 0 aromatic heterocycles. The first kappa shape index (κ1) is 16.4. The van der Waals surface area contributed by atoms with Crippen LogP contribution in [-0.4, -0.2) is 36.1 Å². The first-order valence-corrected chi connectivity index (χ1v) is 6.76. The summed E-state index contributed by atoms with van der Waals surface area (Å²) in [6, 6.07) is 5.31. The zero-order chi connectivity index (χ0) is 15.1. The quantitative estimate of drug-likeness (QED) is 0.449. The van der Waals surface area contributed by atoms with Gasteiger partial charge in [-0.15, -0.1) is 0 Å². The van der Waals surface area contributed by atoms with Crippen LogP contribution in [0, 0.1) is 10.1 Å². The molecule has 0 aliphatic rings. The summed E-state index contributed by atoms with van der Waals surface area (Å²) in [7, 11) is 1.66. The van der Waals surface area contributed by atoms with E-state index in [1.54, 1.807) is 13.2 Å². The first-order chi connectivity index (χ1) is 9.51. The second kappa shape index (κ2) is 7.81. The molecule has 0 spiro atoms. The largest absolute Gasteiger partial charge is 0.393 e. The molecule has 1 aromatic carbocycles. The van der Waals surface area contributed by atoms with Crippen LogP contribution in [-0.2, 0) is 11.3 Å². The van der Waals surface area contributed by atoms with Crippen molar-refractivity contribution in [3.63, 3.8) is 0 Å². The van der Waals surface area contributed by atoms with E-state index < -0.39 is 4.92 Å².